The minimum absolute atomic E-state index is 0.0787. The zero-order valence-electron chi connectivity index (χ0n) is 11.5. The number of aliphatic hydroxyl groups is 1. The summed E-state index contributed by atoms with van der Waals surface area (Å²) in [6.07, 6.45) is -0.192. The second-order valence-corrected chi connectivity index (χ2v) is 5.66. The molecular formula is C13H25F3N2O. The third-order valence-electron chi connectivity index (χ3n) is 4.04. The van der Waals surface area contributed by atoms with E-state index in [0.717, 1.165) is 19.3 Å². The van der Waals surface area contributed by atoms with Crippen molar-refractivity contribution in [3.63, 3.8) is 0 Å². The van der Waals surface area contributed by atoms with Gasteiger partial charge in [-0.1, -0.05) is 13.3 Å². The fourth-order valence-corrected chi connectivity index (χ4v) is 2.99. The normalized spacial score (nSPS) is 28.3. The Labute approximate surface area is 113 Å². The predicted octanol–water partition coefficient (Wildman–Crippen LogP) is 2.14. The van der Waals surface area contributed by atoms with Gasteiger partial charge in [-0.05, 0) is 44.7 Å². The van der Waals surface area contributed by atoms with Crippen LogP contribution in [0.25, 0.3) is 0 Å². The molecule has 1 rings (SSSR count). The number of halogens is 3. The molecule has 6 heteroatoms. The van der Waals surface area contributed by atoms with E-state index in [9.17, 15) is 18.3 Å². The Bertz CT molecular complexity index is 273. The van der Waals surface area contributed by atoms with Crippen LogP contribution in [0.4, 0.5) is 13.2 Å². The molecule has 3 nitrogen and oxygen atoms in total. The fourth-order valence-electron chi connectivity index (χ4n) is 2.99. The Morgan fingerprint density at radius 3 is 2.58 bits per heavy atom. The van der Waals surface area contributed by atoms with Crippen molar-refractivity contribution in [1.82, 2.24) is 4.90 Å². The van der Waals surface area contributed by atoms with Crippen LogP contribution in [0, 0.1) is 5.92 Å². The molecule has 0 radical (unpaired) electrons. The molecule has 3 N–H and O–H groups in total. The summed E-state index contributed by atoms with van der Waals surface area (Å²) in [6, 6.07) is 0. The smallest absolute Gasteiger partial charge is 0.394 e. The van der Waals surface area contributed by atoms with E-state index in [2.05, 4.69) is 0 Å². The number of alkyl halides is 3. The van der Waals surface area contributed by atoms with Crippen molar-refractivity contribution in [3.8, 4) is 0 Å². The SMILES string of the molecule is CCCN(CCC1CCCC1(N)CO)CC(F)(F)F. The van der Waals surface area contributed by atoms with E-state index >= 15 is 0 Å². The van der Waals surface area contributed by atoms with Crippen molar-refractivity contribution >= 4 is 0 Å². The van der Waals surface area contributed by atoms with Gasteiger partial charge in [0.15, 0.2) is 0 Å². The second kappa shape index (κ2) is 6.90. The molecule has 0 bridgehead atoms. The van der Waals surface area contributed by atoms with Crippen molar-refractivity contribution < 1.29 is 18.3 Å². The first-order valence-corrected chi connectivity index (χ1v) is 6.99. The lowest BCUT2D eigenvalue weighted by atomic mass is 9.86. The maximum Gasteiger partial charge on any atom is 0.401 e. The molecule has 0 spiro atoms. The van der Waals surface area contributed by atoms with Crippen LogP contribution in [0.2, 0.25) is 0 Å². The first-order valence-electron chi connectivity index (χ1n) is 6.99. The molecule has 0 aliphatic heterocycles. The number of nitrogens with two attached hydrogens (primary N) is 1. The molecule has 1 saturated carbocycles. The fraction of sp³-hybridized carbons (Fsp3) is 1.00. The molecule has 0 saturated heterocycles. The summed E-state index contributed by atoms with van der Waals surface area (Å²) in [5.74, 6) is 0.130. The van der Waals surface area contributed by atoms with Crippen LogP contribution < -0.4 is 5.73 Å². The molecule has 2 unspecified atom stereocenters. The van der Waals surface area contributed by atoms with Crippen LogP contribution in [0.1, 0.15) is 39.0 Å². The van der Waals surface area contributed by atoms with Crippen LogP contribution in [0.5, 0.6) is 0 Å². The number of rotatable bonds is 7. The maximum absolute atomic E-state index is 12.4. The number of aliphatic hydroxyl groups excluding tert-OH is 1. The number of hydrogen-bond acceptors (Lipinski definition) is 3. The van der Waals surface area contributed by atoms with Gasteiger partial charge >= 0.3 is 6.18 Å². The Morgan fingerprint density at radius 2 is 2.05 bits per heavy atom. The predicted molar refractivity (Wildman–Crippen MR) is 68.7 cm³/mol. The molecule has 0 aromatic rings. The summed E-state index contributed by atoms with van der Waals surface area (Å²) in [5, 5.41) is 9.33. The van der Waals surface area contributed by atoms with Crippen molar-refractivity contribution in [2.75, 3.05) is 26.2 Å². The Kier molecular flexibility index (Phi) is 6.08. The zero-order chi connectivity index (χ0) is 14.5. The van der Waals surface area contributed by atoms with Crippen molar-refractivity contribution in [2.45, 2.75) is 50.7 Å². The summed E-state index contributed by atoms with van der Waals surface area (Å²) in [7, 11) is 0. The molecule has 0 heterocycles. The van der Waals surface area contributed by atoms with Crippen LogP contribution in [0.15, 0.2) is 0 Å². The minimum Gasteiger partial charge on any atom is -0.394 e. The second-order valence-electron chi connectivity index (χ2n) is 5.66. The largest absolute Gasteiger partial charge is 0.401 e. The summed E-state index contributed by atoms with van der Waals surface area (Å²) in [5.41, 5.74) is 5.51. The zero-order valence-corrected chi connectivity index (χ0v) is 11.5. The molecule has 114 valence electrons. The van der Waals surface area contributed by atoms with Gasteiger partial charge in [-0.3, -0.25) is 4.90 Å². The molecule has 0 aromatic carbocycles. The van der Waals surface area contributed by atoms with Gasteiger partial charge in [-0.15, -0.1) is 0 Å². The lowest BCUT2D eigenvalue weighted by molar-refractivity contribution is -0.146. The topological polar surface area (TPSA) is 49.5 Å². The van der Waals surface area contributed by atoms with Gasteiger partial charge in [0.25, 0.3) is 0 Å². The highest BCUT2D eigenvalue weighted by Crippen LogP contribution is 2.35. The third kappa shape index (κ3) is 5.28. The van der Waals surface area contributed by atoms with E-state index in [1.165, 1.54) is 4.90 Å². The van der Waals surface area contributed by atoms with Gasteiger partial charge in [-0.25, -0.2) is 0 Å². The van der Waals surface area contributed by atoms with Gasteiger partial charge in [0, 0.05) is 5.54 Å². The Balaban J connectivity index is 2.47. The van der Waals surface area contributed by atoms with Gasteiger partial charge in [0.05, 0.1) is 13.2 Å². The van der Waals surface area contributed by atoms with Crippen LogP contribution >= 0.6 is 0 Å². The van der Waals surface area contributed by atoms with Crippen molar-refractivity contribution in [2.24, 2.45) is 11.7 Å². The standard InChI is InChI=1S/C13H25F3N2O/c1-2-7-18(9-13(14,15)16)8-5-11-4-3-6-12(11,17)10-19/h11,19H,2-10,17H2,1H3. The van der Waals surface area contributed by atoms with E-state index < -0.39 is 18.3 Å². The lowest BCUT2D eigenvalue weighted by Gasteiger charge is -2.31. The van der Waals surface area contributed by atoms with Crippen molar-refractivity contribution in [1.29, 1.82) is 0 Å². The van der Waals surface area contributed by atoms with Gasteiger partial charge in [0.1, 0.15) is 0 Å². The Morgan fingerprint density at radius 1 is 1.37 bits per heavy atom. The molecule has 1 aliphatic rings. The van der Waals surface area contributed by atoms with Gasteiger partial charge in [-0.2, -0.15) is 13.2 Å². The van der Waals surface area contributed by atoms with E-state index in [-0.39, 0.29) is 12.5 Å². The van der Waals surface area contributed by atoms with E-state index in [4.69, 9.17) is 5.73 Å². The van der Waals surface area contributed by atoms with Crippen LogP contribution in [-0.2, 0) is 0 Å². The highest BCUT2D eigenvalue weighted by molar-refractivity contribution is 4.96. The summed E-state index contributed by atoms with van der Waals surface area (Å²) < 4.78 is 37.3. The number of nitrogens with zero attached hydrogens (tertiary/aromatic N) is 1. The molecule has 0 amide bonds. The maximum atomic E-state index is 12.4. The van der Waals surface area contributed by atoms with Crippen LogP contribution in [0.3, 0.4) is 0 Å². The molecule has 1 aliphatic carbocycles. The van der Waals surface area contributed by atoms with E-state index in [1.807, 2.05) is 6.92 Å². The van der Waals surface area contributed by atoms with Crippen molar-refractivity contribution in [3.05, 3.63) is 0 Å². The lowest BCUT2D eigenvalue weighted by Crippen LogP contribution is -2.48. The highest BCUT2D eigenvalue weighted by atomic mass is 19.4. The monoisotopic (exact) mass is 282 g/mol. The molecule has 2 atom stereocenters. The van der Waals surface area contributed by atoms with Crippen LogP contribution in [-0.4, -0.2) is 48.0 Å². The summed E-state index contributed by atoms with van der Waals surface area (Å²) in [6.45, 7) is 1.79. The van der Waals surface area contributed by atoms with E-state index in [1.54, 1.807) is 0 Å². The summed E-state index contributed by atoms with van der Waals surface area (Å²) in [4.78, 5) is 1.44. The summed E-state index contributed by atoms with van der Waals surface area (Å²) >= 11 is 0. The molecular weight excluding hydrogens is 257 g/mol. The first-order chi connectivity index (χ1) is 8.80. The van der Waals surface area contributed by atoms with E-state index in [0.29, 0.717) is 25.9 Å². The average Bonchev–Trinajstić information content (AvgIpc) is 2.67. The van der Waals surface area contributed by atoms with Gasteiger partial charge in [0.2, 0.25) is 0 Å². The minimum atomic E-state index is -4.15. The third-order valence-corrected chi connectivity index (χ3v) is 4.04. The molecule has 0 aromatic heterocycles. The molecule has 19 heavy (non-hydrogen) atoms. The Hall–Kier alpha value is -0.330. The quantitative estimate of drug-likeness (QED) is 0.752. The van der Waals surface area contributed by atoms with Gasteiger partial charge < -0.3 is 10.8 Å². The highest BCUT2D eigenvalue weighted by Gasteiger charge is 2.39. The number of hydrogen-bond donors (Lipinski definition) is 2. The first kappa shape index (κ1) is 16.7. The molecule has 1 fully saturated rings. The average molecular weight is 282 g/mol.